The van der Waals surface area contributed by atoms with Gasteiger partial charge in [0.2, 0.25) is 0 Å². The van der Waals surface area contributed by atoms with E-state index >= 15 is 0 Å². The second-order valence-corrected chi connectivity index (χ2v) is 5.62. The third-order valence-electron chi connectivity index (χ3n) is 2.91. The molecule has 0 fully saturated rings. The molecule has 0 aromatic heterocycles. The van der Waals surface area contributed by atoms with E-state index in [4.69, 9.17) is 11.1 Å². The van der Waals surface area contributed by atoms with Gasteiger partial charge in [0, 0.05) is 10.6 Å². The van der Waals surface area contributed by atoms with Crippen LogP contribution in [0.5, 0.6) is 0 Å². The third-order valence-corrected chi connectivity index (χ3v) is 3.87. The molecular weight excluding hydrogens is 266 g/mol. The van der Waals surface area contributed by atoms with Gasteiger partial charge in [-0.3, -0.25) is 5.41 Å². The van der Waals surface area contributed by atoms with E-state index in [1.54, 1.807) is 12.1 Å². The zero-order valence-corrected chi connectivity index (χ0v) is 11.9. The highest BCUT2D eigenvalue weighted by atomic mass is 32.2. The van der Waals surface area contributed by atoms with Gasteiger partial charge in [-0.15, -0.1) is 0 Å². The van der Waals surface area contributed by atoms with Gasteiger partial charge in [-0.2, -0.15) is 5.26 Å². The van der Waals surface area contributed by atoms with E-state index in [0.717, 1.165) is 16.0 Å². The van der Waals surface area contributed by atoms with Crippen LogP contribution in [0.1, 0.15) is 17.0 Å². The largest absolute Gasteiger partial charge is 0.399 e. The summed E-state index contributed by atoms with van der Waals surface area (Å²) in [5.74, 6) is -0.529. The second-order valence-electron chi connectivity index (χ2n) is 4.51. The van der Waals surface area contributed by atoms with E-state index < -0.39 is 5.92 Å². The SMILES string of the molecule is Cc1ccc(C(C#N)C(=N)Sc2ccc(N)cc2)cc1. The number of benzene rings is 2. The predicted octanol–water partition coefficient (Wildman–Crippen LogP) is 3.95. The van der Waals surface area contributed by atoms with Crippen LogP contribution in [0.15, 0.2) is 53.4 Å². The van der Waals surface area contributed by atoms with Crippen molar-refractivity contribution in [3.63, 3.8) is 0 Å². The van der Waals surface area contributed by atoms with Crippen molar-refractivity contribution in [2.24, 2.45) is 0 Å². The molecule has 0 saturated carbocycles. The molecule has 0 aliphatic rings. The van der Waals surface area contributed by atoms with Crippen molar-refractivity contribution in [1.29, 1.82) is 10.7 Å². The molecule has 3 N–H and O–H groups in total. The van der Waals surface area contributed by atoms with Gasteiger partial charge in [-0.25, -0.2) is 0 Å². The summed E-state index contributed by atoms with van der Waals surface area (Å²) < 4.78 is 0. The molecule has 0 saturated heterocycles. The van der Waals surface area contributed by atoms with Gasteiger partial charge in [0.25, 0.3) is 0 Å². The maximum Gasteiger partial charge on any atom is 0.119 e. The van der Waals surface area contributed by atoms with Gasteiger partial charge < -0.3 is 5.73 Å². The second kappa shape index (κ2) is 6.27. The minimum Gasteiger partial charge on any atom is -0.399 e. The first-order chi connectivity index (χ1) is 9.60. The molecule has 0 heterocycles. The molecule has 0 aliphatic carbocycles. The Labute approximate surface area is 122 Å². The number of hydrogen-bond acceptors (Lipinski definition) is 4. The molecule has 1 unspecified atom stereocenters. The molecule has 0 bridgehead atoms. The number of nitriles is 1. The third kappa shape index (κ3) is 3.40. The van der Waals surface area contributed by atoms with E-state index in [0.29, 0.717) is 10.7 Å². The van der Waals surface area contributed by atoms with Crippen molar-refractivity contribution < 1.29 is 0 Å². The van der Waals surface area contributed by atoms with Crippen LogP contribution < -0.4 is 5.73 Å². The van der Waals surface area contributed by atoms with Gasteiger partial charge in [0.15, 0.2) is 0 Å². The first-order valence-electron chi connectivity index (χ1n) is 6.18. The van der Waals surface area contributed by atoms with Crippen molar-refractivity contribution in [3.05, 3.63) is 59.7 Å². The lowest BCUT2D eigenvalue weighted by molar-refractivity contribution is 1.14. The van der Waals surface area contributed by atoms with Crippen molar-refractivity contribution in [1.82, 2.24) is 0 Å². The molecule has 1 atom stereocenters. The molecule has 3 nitrogen and oxygen atoms in total. The molecule has 100 valence electrons. The maximum absolute atomic E-state index is 9.32. The zero-order chi connectivity index (χ0) is 14.5. The Morgan fingerprint density at radius 2 is 1.75 bits per heavy atom. The van der Waals surface area contributed by atoms with Crippen LogP contribution in [-0.4, -0.2) is 5.04 Å². The van der Waals surface area contributed by atoms with Crippen LogP contribution in [0.25, 0.3) is 0 Å². The van der Waals surface area contributed by atoms with E-state index in [1.807, 2.05) is 43.3 Å². The Kier molecular flexibility index (Phi) is 4.44. The number of nitrogens with zero attached hydrogens (tertiary/aromatic N) is 1. The van der Waals surface area contributed by atoms with E-state index in [9.17, 15) is 5.26 Å². The summed E-state index contributed by atoms with van der Waals surface area (Å²) in [5, 5.41) is 17.8. The number of nitrogens with two attached hydrogens (primary N) is 1. The predicted molar refractivity (Wildman–Crippen MR) is 84.0 cm³/mol. The van der Waals surface area contributed by atoms with Gasteiger partial charge in [0.1, 0.15) is 5.92 Å². The molecule has 0 aliphatic heterocycles. The molecule has 0 amide bonds. The fraction of sp³-hybridized carbons (Fsp3) is 0.125. The summed E-state index contributed by atoms with van der Waals surface area (Å²) in [6.45, 7) is 2.00. The van der Waals surface area contributed by atoms with Crippen molar-refractivity contribution in [3.8, 4) is 6.07 Å². The number of hydrogen-bond donors (Lipinski definition) is 2. The number of aryl methyl sites for hydroxylation is 1. The Bertz CT molecular complexity index is 639. The molecule has 2 aromatic rings. The molecule has 4 heteroatoms. The highest BCUT2D eigenvalue weighted by molar-refractivity contribution is 8.14. The number of nitrogen functional groups attached to an aromatic ring is 1. The molecule has 2 rings (SSSR count). The standard InChI is InChI=1S/C16H15N3S/c1-11-2-4-12(5-3-11)15(10-17)16(19)20-14-8-6-13(18)7-9-14/h2-9,15,19H,18H2,1H3. The van der Waals surface area contributed by atoms with E-state index in [2.05, 4.69) is 6.07 Å². The van der Waals surface area contributed by atoms with Crippen LogP contribution in [0.2, 0.25) is 0 Å². The number of nitrogens with one attached hydrogen (secondary N) is 1. The Hall–Kier alpha value is -2.25. The number of thioether (sulfide) groups is 1. The highest BCUT2D eigenvalue weighted by Gasteiger charge is 2.17. The Morgan fingerprint density at radius 1 is 1.15 bits per heavy atom. The molecule has 20 heavy (non-hydrogen) atoms. The van der Waals surface area contributed by atoms with E-state index in [-0.39, 0.29) is 0 Å². The van der Waals surface area contributed by atoms with E-state index in [1.165, 1.54) is 11.8 Å². The fourth-order valence-electron chi connectivity index (χ4n) is 1.77. The monoisotopic (exact) mass is 281 g/mol. The summed E-state index contributed by atoms with van der Waals surface area (Å²) in [5.41, 5.74) is 8.32. The zero-order valence-electron chi connectivity index (χ0n) is 11.1. The van der Waals surface area contributed by atoms with Crippen LogP contribution in [0.3, 0.4) is 0 Å². The first kappa shape index (κ1) is 14.2. The van der Waals surface area contributed by atoms with Crippen molar-refractivity contribution in [2.45, 2.75) is 17.7 Å². The van der Waals surface area contributed by atoms with Gasteiger partial charge in [-0.05, 0) is 36.8 Å². The summed E-state index contributed by atoms with van der Waals surface area (Å²) in [4.78, 5) is 0.913. The molecular formula is C16H15N3S. The lowest BCUT2D eigenvalue weighted by Crippen LogP contribution is -2.06. The summed E-state index contributed by atoms with van der Waals surface area (Å²) in [6.07, 6.45) is 0. The maximum atomic E-state index is 9.32. The highest BCUT2D eigenvalue weighted by Crippen LogP contribution is 2.28. The smallest absolute Gasteiger partial charge is 0.119 e. The summed E-state index contributed by atoms with van der Waals surface area (Å²) in [6, 6.07) is 17.2. The summed E-state index contributed by atoms with van der Waals surface area (Å²) >= 11 is 1.29. The molecule has 2 aromatic carbocycles. The van der Waals surface area contributed by atoms with Crippen molar-refractivity contribution in [2.75, 3.05) is 5.73 Å². The number of anilines is 1. The normalized spacial score (nSPS) is 11.6. The summed E-state index contributed by atoms with van der Waals surface area (Å²) in [7, 11) is 0. The Balaban J connectivity index is 2.15. The van der Waals surface area contributed by atoms with Gasteiger partial charge >= 0.3 is 0 Å². The lowest BCUT2D eigenvalue weighted by Gasteiger charge is -2.11. The topological polar surface area (TPSA) is 73.7 Å². The number of rotatable bonds is 3. The lowest BCUT2D eigenvalue weighted by atomic mass is 10.0. The molecule has 0 spiro atoms. The Morgan fingerprint density at radius 3 is 2.30 bits per heavy atom. The first-order valence-corrected chi connectivity index (χ1v) is 7.00. The van der Waals surface area contributed by atoms with Crippen LogP contribution in [-0.2, 0) is 0 Å². The van der Waals surface area contributed by atoms with Gasteiger partial charge in [0.05, 0.1) is 11.1 Å². The average molecular weight is 281 g/mol. The fourth-order valence-corrected chi connectivity index (χ4v) is 2.60. The van der Waals surface area contributed by atoms with Crippen molar-refractivity contribution >= 4 is 22.5 Å². The minimum atomic E-state index is -0.529. The van der Waals surface area contributed by atoms with Crippen LogP contribution >= 0.6 is 11.8 Å². The van der Waals surface area contributed by atoms with Gasteiger partial charge in [-0.1, -0.05) is 41.6 Å². The minimum absolute atomic E-state index is 0.320. The van der Waals surface area contributed by atoms with Crippen LogP contribution in [0, 0.1) is 23.7 Å². The van der Waals surface area contributed by atoms with Crippen LogP contribution in [0.4, 0.5) is 5.69 Å². The average Bonchev–Trinajstić information content (AvgIpc) is 2.44. The quantitative estimate of drug-likeness (QED) is 0.387. The molecule has 0 radical (unpaired) electrons.